The lowest BCUT2D eigenvalue weighted by molar-refractivity contribution is 0.800. The van der Waals surface area contributed by atoms with E-state index < -0.39 is 0 Å². The van der Waals surface area contributed by atoms with Crippen molar-refractivity contribution >= 4 is 45.2 Å². The summed E-state index contributed by atoms with van der Waals surface area (Å²) in [6.45, 7) is 2.09. The minimum Gasteiger partial charge on any atom is -0.314 e. The Labute approximate surface area is 318 Å². The molecule has 0 saturated heterocycles. The predicted molar refractivity (Wildman–Crippen MR) is 227 cm³/mol. The monoisotopic (exact) mass is 701 g/mol. The number of aryl methyl sites for hydroxylation is 1. The zero-order chi connectivity index (χ0) is 36.5. The van der Waals surface area contributed by atoms with Crippen LogP contribution >= 0.6 is 0 Å². The number of rotatable bonds is 12. The number of allylic oxidation sites excluding steroid dienone is 5. The highest BCUT2D eigenvalue weighted by molar-refractivity contribution is 6.08. The Morgan fingerprint density at radius 3 is 1.96 bits per heavy atom. The number of hydrogen-bond acceptors (Lipinski definition) is 4. The number of aromatic nitrogens is 2. The standard InChI is InChI=1S/C49H43N5/c1-2-3-4-9-29-43-36-38-37-44(34-35-47(38)52(43)39-21-10-5-11-22-39)54(42-27-16-8-17-28-42)48-32-19-18-30-45(50-48)46-31-20-33-49(51-46)53(40-23-12-6-13-24-40)41-25-14-7-15-26-41/h2-3,5-8,10-18,20-28,30-37H,4,9,19,29H2,1H3/b3-2-. The van der Waals surface area contributed by atoms with Crippen LogP contribution in [0.25, 0.3) is 16.6 Å². The number of fused-ring (bicyclic) bond motifs is 1. The van der Waals surface area contributed by atoms with E-state index in [4.69, 9.17) is 9.98 Å². The summed E-state index contributed by atoms with van der Waals surface area (Å²) in [5.74, 6) is 1.68. The summed E-state index contributed by atoms with van der Waals surface area (Å²) in [7, 11) is 0. The van der Waals surface area contributed by atoms with Crippen LogP contribution in [-0.2, 0) is 6.42 Å². The second kappa shape index (κ2) is 16.3. The highest BCUT2D eigenvalue weighted by Crippen LogP contribution is 2.37. The Balaban J connectivity index is 1.20. The molecule has 1 aliphatic heterocycles. The first kappa shape index (κ1) is 34.4. The lowest BCUT2D eigenvalue weighted by Crippen LogP contribution is -2.17. The van der Waals surface area contributed by atoms with Gasteiger partial charge in [-0.05, 0) is 130 Å². The molecule has 1 aliphatic rings. The summed E-state index contributed by atoms with van der Waals surface area (Å²) in [5, 5.41) is 1.20. The molecule has 0 N–H and O–H groups in total. The summed E-state index contributed by atoms with van der Waals surface area (Å²) in [6, 6.07) is 57.3. The maximum Gasteiger partial charge on any atom is 0.138 e. The third-order valence-corrected chi connectivity index (χ3v) is 9.62. The predicted octanol–water partition coefficient (Wildman–Crippen LogP) is 12.8. The van der Waals surface area contributed by atoms with Crippen LogP contribution in [0.3, 0.4) is 0 Å². The average molecular weight is 702 g/mol. The number of unbranched alkanes of at least 4 members (excludes halogenated alkanes) is 1. The molecule has 5 nitrogen and oxygen atoms in total. The first-order valence-electron chi connectivity index (χ1n) is 18.8. The third kappa shape index (κ3) is 7.43. The molecule has 3 heterocycles. The van der Waals surface area contributed by atoms with Crippen LogP contribution in [-0.4, -0.2) is 15.3 Å². The highest BCUT2D eigenvalue weighted by Gasteiger charge is 2.20. The zero-order valence-corrected chi connectivity index (χ0v) is 30.5. The van der Waals surface area contributed by atoms with Crippen LogP contribution in [0, 0.1) is 0 Å². The van der Waals surface area contributed by atoms with Crippen molar-refractivity contribution in [1.82, 2.24) is 9.55 Å². The summed E-state index contributed by atoms with van der Waals surface area (Å²) >= 11 is 0. The topological polar surface area (TPSA) is 36.7 Å². The molecule has 0 aliphatic carbocycles. The van der Waals surface area contributed by atoms with Gasteiger partial charge in [-0.3, -0.25) is 9.80 Å². The van der Waals surface area contributed by atoms with Crippen LogP contribution in [0.1, 0.15) is 37.6 Å². The molecule has 7 aromatic rings. The summed E-state index contributed by atoms with van der Waals surface area (Å²) in [5.41, 5.74) is 9.48. The van der Waals surface area contributed by atoms with E-state index in [9.17, 15) is 0 Å². The van der Waals surface area contributed by atoms with Gasteiger partial charge in [0.2, 0.25) is 0 Å². The van der Waals surface area contributed by atoms with E-state index in [-0.39, 0.29) is 0 Å². The number of pyridine rings is 1. The molecular weight excluding hydrogens is 659 g/mol. The number of benzene rings is 5. The maximum atomic E-state index is 5.38. The van der Waals surface area contributed by atoms with E-state index in [1.165, 1.54) is 22.3 Å². The number of aliphatic imine (C=N–C) groups is 1. The van der Waals surface area contributed by atoms with E-state index in [0.29, 0.717) is 0 Å². The molecule has 2 aromatic heterocycles. The van der Waals surface area contributed by atoms with Gasteiger partial charge < -0.3 is 4.57 Å². The van der Waals surface area contributed by atoms with Crippen molar-refractivity contribution < 1.29 is 0 Å². The smallest absolute Gasteiger partial charge is 0.138 e. The maximum absolute atomic E-state index is 5.38. The molecule has 0 spiro atoms. The van der Waals surface area contributed by atoms with E-state index in [0.717, 1.165) is 71.5 Å². The van der Waals surface area contributed by atoms with Gasteiger partial charge in [-0.1, -0.05) is 97.1 Å². The van der Waals surface area contributed by atoms with Gasteiger partial charge in [0.15, 0.2) is 0 Å². The molecule has 0 amide bonds. The van der Waals surface area contributed by atoms with E-state index in [1.54, 1.807) is 0 Å². The molecule has 54 heavy (non-hydrogen) atoms. The quantitative estimate of drug-likeness (QED) is 0.0940. The number of para-hydroxylation sites is 4. The summed E-state index contributed by atoms with van der Waals surface area (Å²) in [4.78, 5) is 15.1. The average Bonchev–Trinajstić information content (AvgIpc) is 3.41. The minimum atomic E-state index is 0.745. The van der Waals surface area contributed by atoms with Crippen LogP contribution in [0.5, 0.6) is 0 Å². The Morgan fingerprint density at radius 2 is 1.30 bits per heavy atom. The van der Waals surface area contributed by atoms with Crippen LogP contribution in [0.4, 0.5) is 28.6 Å². The van der Waals surface area contributed by atoms with Gasteiger partial charge in [0.1, 0.15) is 11.6 Å². The fourth-order valence-electron chi connectivity index (χ4n) is 7.12. The Morgan fingerprint density at radius 1 is 0.648 bits per heavy atom. The van der Waals surface area contributed by atoms with Gasteiger partial charge in [-0.15, -0.1) is 0 Å². The summed E-state index contributed by atoms with van der Waals surface area (Å²) < 4.78 is 2.42. The first-order valence-corrected chi connectivity index (χ1v) is 18.8. The van der Waals surface area contributed by atoms with Crippen molar-refractivity contribution in [3.63, 3.8) is 0 Å². The second-order valence-corrected chi connectivity index (χ2v) is 13.3. The molecule has 5 aromatic carbocycles. The van der Waals surface area contributed by atoms with Crippen molar-refractivity contribution in [3.8, 4) is 5.69 Å². The van der Waals surface area contributed by atoms with Gasteiger partial charge >= 0.3 is 0 Å². The van der Waals surface area contributed by atoms with Crippen molar-refractivity contribution in [2.45, 2.75) is 32.6 Å². The van der Waals surface area contributed by atoms with Crippen LogP contribution in [0.2, 0.25) is 0 Å². The Hall–Kier alpha value is -6.72. The van der Waals surface area contributed by atoms with Crippen molar-refractivity contribution in [1.29, 1.82) is 0 Å². The number of anilines is 5. The molecule has 264 valence electrons. The summed E-state index contributed by atoms with van der Waals surface area (Å²) in [6.07, 6.45) is 14.8. The molecule has 0 atom stereocenters. The van der Waals surface area contributed by atoms with Crippen LogP contribution in [0.15, 0.2) is 205 Å². The first-order chi connectivity index (χ1) is 26.8. The van der Waals surface area contributed by atoms with Gasteiger partial charge in [0.25, 0.3) is 0 Å². The SMILES string of the molecule is C/C=C\CCCc1cc2cc(N(C3=CCC=CC(c4cccc(N(c5ccccc5)c5ccccc5)n4)=N3)c3ccccc3)ccc2n1-c1ccccc1. The van der Waals surface area contributed by atoms with Gasteiger partial charge in [-0.2, -0.15) is 0 Å². The van der Waals surface area contributed by atoms with E-state index >= 15 is 0 Å². The molecule has 5 heteroatoms. The molecular formula is C49H43N5. The molecule has 0 unspecified atom stereocenters. The Bertz CT molecular complexity index is 2400. The molecule has 0 bridgehead atoms. The lowest BCUT2D eigenvalue weighted by Gasteiger charge is -2.26. The fraction of sp³-hybridized carbons (Fsp3) is 0.102. The van der Waals surface area contributed by atoms with Crippen LogP contribution < -0.4 is 9.80 Å². The lowest BCUT2D eigenvalue weighted by atomic mass is 10.1. The molecule has 0 radical (unpaired) electrons. The molecule has 0 fully saturated rings. The van der Waals surface area contributed by atoms with Gasteiger partial charge in [0, 0.05) is 39.5 Å². The van der Waals surface area contributed by atoms with E-state index in [1.807, 2.05) is 18.2 Å². The van der Waals surface area contributed by atoms with Crippen molar-refractivity contribution in [2.75, 3.05) is 9.80 Å². The normalized spacial score (nSPS) is 12.8. The van der Waals surface area contributed by atoms with Crippen molar-refractivity contribution in [3.05, 3.63) is 211 Å². The highest BCUT2D eigenvalue weighted by atomic mass is 15.2. The third-order valence-electron chi connectivity index (χ3n) is 9.62. The van der Waals surface area contributed by atoms with E-state index in [2.05, 4.69) is 197 Å². The minimum absolute atomic E-state index is 0.745. The molecule has 0 saturated carbocycles. The van der Waals surface area contributed by atoms with Crippen molar-refractivity contribution in [2.24, 2.45) is 4.99 Å². The number of hydrogen-bond donors (Lipinski definition) is 0. The van der Waals surface area contributed by atoms with Gasteiger partial charge in [-0.25, -0.2) is 9.98 Å². The zero-order valence-electron chi connectivity index (χ0n) is 30.5. The second-order valence-electron chi connectivity index (χ2n) is 13.3. The van der Waals surface area contributed by atoms with Gasteiger partial charge in [0.05, 0.1) is 16.9 Å². The largest absolute Gasteiger partial charge is 0.314 e. The Kier molecular flexibility index (Phi) is 10.4. The number of nitrogens with zero attached hydrogens (tertiary/aromatic N) is 5. The fourth-order valence-corrected chi connectivity index (χ4v) is 7.12. The molecule has 8 rings (SSSR count).